The number of benzene rings is 5. The third-order valence-corrected chi connectivity index (χ3v) is 14.7. The second-order valence-corrected chi connectivity index (χ2v) is 15.2. The minimum Gasteiger partial charge on any atom is -0.246 e. The first-order valence-corrected chi connectivity index (χ1v) is 16.7. The fourth-order valence-electron chi connectivity index (χ4n) is 5.96. The quantitative estimate of drug-likeness (QED) is 0.185. The van der Waals surface area contributed by atoms with Crippen LogP contribution in [0.1, 0.15) is 36.5 Å². The van der Waals surface area contributed by atoms with Gasteiger partial charge in [0, 0.05) is 41.6 Å². The normalized spacial score (nSPS) is 19.6. The SMILES string of the molecule is CC(C)N(P(c1ccccc1)c1cccc2ccccc12)P1[C@H](c2ccccc2)N(C)N(C)[C@H]1c1ccccc1. The molecule has 0 N–H and O–H groups in total. The van der Waals surface area contributed by atoms with E-state index in [0.717, 1.165) is 0 Å². The van der Waals surface area contributed by atoms with E-state index in [4.69, 9.17) is 0 Å². The number of nitrogens with zero attached hydrogens (tertiary/aromatic N) is 3. The van der Waals surface area contributed by atoms with Crippen molar-refractivity contribution >= 4 is 37.5 Å². The van der Waals surface area contributed by atoms with Crippen molar-refractivity contribution in [1.29, 1.82) is 0 Å². The maximum Gasteiger partial charge on any atom is 0.0844 e. The lowest BCUT2D eigenvalue weighted by molar-refractivity contribution is 0.0252. The zero-order valence-electron chi connectivity index (χ0n) is 23.7. The van der Waals surface area contributed by atoms with Crippen LogP contribution in [0.4, 0.5) is 0 Å². The van der Waals surface area contributed by atoms with E-state index in [1.165, 1.54) is 32.5 Å². The summed E-state index contributed by atoms with van der Waals surface area (Å²) in [5.41, 5.74) is 2.76. The van der Waals surface area contributed by atoms with Gasteiger partial charge in [-0.1, -0.05) is 133 Å². The minimum absolute atomic E-state index is 0.262. The Bertz CT molecular complexity index is 1490. The van der Waals surface area contributed by atoms with Gasteiger partial charge in [-0.05, 0) is 41.1 Å². The van der Waals surface area contributed by atoms with Crippen LogP contribution in [0.5, 0.6) is 0 Å². The largest absolute Gasteiger partial charge is 0.246 e. The van der Waals surface area contributed by atoms with Gasteiger partial charge < -0.3 is 0 Å². The molecule has 5 heteroatoms. The highest BCUT2D eigenvalue weighted by Crippen LogP contribution is 2.75. The van der Waals surface area contributed by atoms with E-state index >= 15 is 0 Å². The Morgan fingerprint density at radius 1 is 0.600 bits per heavy atom. The fourth-order valence-corrected chi connectivity index (χ4v) is 13.5. The van der Waals surface area contributed by atoms with Crippen LogP contribution in [0.2, 0.25) is 0 Å². The van der Waals surface area contributed by atoms with Gasteiger partial charge in [-0.2, -0.15) is 0 Å². The first-order chi connectivity index (χ1) is 19.6. The lowest BCUT2D eigenvalue weighted by Crippen LogP contribution is -2.32. The highest BCUT2D eigenvalue weighted by atomic mass is 31.2. The lowest BCUT2D eigenvalue weighted by Gasteiger charge is -2.44. The number of hydrogen-bond donors (Lipinski definition) is 0. The van der Waals surface area contributed by atoms with Crippen LogP contribution in [-0.4, -0.2) is 34.6 Å². The minimum atomic E-state index is -0.828. The molecule has 0 bridgehead atoms. The molecule has 3 atom stereocenters. The van der Waals surface area contributed by atoms with Crippen LogP contribution in [0.25, 0.3) is 10.8 Å². The molecule has 0 amide bonds. The summed E-state index contributed by atoms with van der Waals surface area (Å²) in [6.45, 7) is 4.79. The molecule has 5 aromatic carbocycles. The van der Waals surface area contributed by atoms with Crippen molar-refractivity contribution in [3.8, 4) is 0 Å². The molecule has 3 nitrogen and oxygen atoms in total. The predicted octanol–water partition coefficient (Wildman–Crippen LogP) is 8.48. The second kappa shape index (κ2) is 11.9. The van der Waals surface area contributed by atoms with E-state index in [1.807, 2.05) is 0 Å². The molecule has 202 valence electrons. The van der Waals surface area contributed by atoms with Gasteiger partial charge >= 0.3 is 0 Å². The number of hydrogen-bond acceptors (Lipinski definition) is 3. The summed E-state index contributed by atoms with van der Waals surface area (Å²) in [6, 6.07) is 49.7. The van der Waals surface area contributed by atoms with Crippen LogP contribution in [-0.2, 0) is 0 Å². The van der Waals surface area contributed by atoms with Gasteiger partial charge in [0.1, 0.15) is 0 Å². The number of fused-ring (bicyclic) bond motifs is 1. The van der Waals surface area contributed by atoms with Crippen molar-refractivity contribution in [3.63, 3.8) is 0 Å². The van der Waals surface area contributed by atoms with Crippen molar-refractivity contribution in [2.45, 2.75) is 31.5 Å². The fraction of sp³-hybridized carbons (Fsp3) is 0.200. The Morgan fingerprint density at radius 3 is 1.62 bits per heavy atom. The van der Waals surface area contributed by atoms with E-state index in [2.05, 4.69) is 176 Å². The second-order valence-electron chi connectivity index (χ2n) is 10.7. The van der Waals surface area contributed by atoms with Crippen molar-refractivity contribution in [3.05, 3.63) is 145 Å². The summed E-state index contributed by atoms with van der Waals surface area (Å²) in [5, 5.41) is 10.5. The van der Waals surface area contributed by atoms with E-state index < -0.39 is 16.1 Å². The van der Waals surface area contributed by atoms with Crippen molar-refractivity contribution in [1.82, 2.24) is 14.5 Å². The monoisotopic (exact) mass is 561 g/mol. The molecule has 0 spiro atoms. The molecule has 40 heavy (non-hydrogen) atoms. The van der Waals surface area contributed by atoms with Crippen LogP contribution in [0.3, 0.4) is 0 Å². The Labute approximate surface area is 241 Å². The molecule has 1 saturated heterocycles. The summed E-state index contributed by atoms with van der Waals surface area (Å²) in [6.07, 6.45) is 0. The van der Waals surface area contributed by atoms with Gasteiger partial charge in [0.25, 0.3) is 0 Å². The zero-order valence-corrected chi connectivity index (χ0v) is 25.5. The topological polar surface area (TPSA) is 9.72 Å². The lowest BCUT2D eigenvalue weighted by atomic mass is 10.1. The van der Waals surface area contributed by atoms with Gasteiger partial charge in [-0.3, -0.25) is 0 Å². The molecule has 0 aliphatic carbocycles. The highest BCUT2D eigenvalue weighted by Gasteiger charge is 2.51. The van der Waals surface area contributed by atoms with Gasteiger partial charge in [-0.15, -0.1) is 0 Å². The van der Waals surface area contributed by atoms with Crippen molar-refractivity contribution in [2.75, 3.05) is 14.1 Å². The molecule has 0 aromatic heterocycles. The molecule has 0 saturated carbocycles. The van der Waals surface area contributed by atoms with E-state index in [9.17, 15) is 0 Å². The van der Waals surface area contributed by atoms with Crippen LogP contribution in [0, 0.1) is 0 Å². The summed E-state index contributed by atoms with van der Waals surface area (Å²) in [7, 11) is 2.99. The Balaban J connectivity index is 1.62. The zero-order chi connectivity index (χ0) is 27.6. The molecular weight excluding hydrogens is 524 g/mol. The molecule has 5 aromatic rings. The van der Waals surface area contributed by atoms with E-state index in [0.29, 0.717) is 6.04 Å². The molecule has 1 unspecified atom stereocenters. The van der Waals surface area contributed by atoms with Crippen molar-refractivity contribution < 1.29 is 0 Å². The highest BCUT2D eigenvalue weighted by molar-refractivity contribution is 7.80. The summed E-state index contributed by atoms with van der Waals surface area (Å²) >= 11 is 0. The third kappa shape index (κ3) is 5.03. The molecule has 6 rings (SSSR count). The maximum absolute atomic E-state index is 2.93. The predicted molar refractivity (Wildman–Crippen MR) is 174 cm³/mol. The van der Waals surface area contributed by atoms with Crippen molar-refractivity contribution in [2.24, 2.45) is 0 Å². The van der Waals surface area contributed by atoms with Crippen LogP contribution in [0.15, 0.2) is 133 Å². The van der Waals surface area contributed by atoms with Gasteiger partial charge in [0.05, 0.1) is 11.6 Å². The molecule has 1 fully saturated rings. The van der Waals surface area contributed by atoms with E-state index in [1.54, 1.807) is 0 Å². The van der Waals surface area contributed by atoms with Gasteiger partial charge in [0.15, 0.2) is 0 Å². The van der Waals surface area contributed by atoms with E-state index in [-0.39, 0.29) is 11.6 Å². The third-order valence-electron chi connectivity index (χ3n) is 7.80. The summed E-state index contributed by atoms with van der Waals surface area (Å²) in [5.74, 6) is 0.523. The van der Waals surface area contributed by atoms with Gasteiger partial charge in [0.2, 0.25) is 0 Å². The summed E-state index contributed by atoms with van der Waals surface area (Å²) in [4.78, 5) is 0. The molecule has 0 radical (unpaired) electrons. The Hall–Kier alpha value is -2.90. The van der Waals surface area contributed by atoms with Crippen LogP contribution >= 0.6 is 16.1 Å². The van der Waals surface area contributed by atoms with Crippen LogP contribution < -0.4 is 10.6 Å². The molecule has 1 aliphatic rings. The average molecular weight is 562 g/mol. The standard InChI is InChI=1S/C35H37N3P2/c1-27(2)38(39(31-23-12-7-13-24-31)33-26-16-22-28-17-14-15-25-32(28)33)40-34(29-18-8-5-9-19-29)36(3)37(4)35(40)30-20-10-6-11-21-30/h5-27,34-35H,1-4H3/t34-,35-,39?/m1/s1. The Morgan fingerprint density at radius 2 is 1.07 bits per heavy atom. The maximum atomic E-state index is 2.93. The average Bonchev–Trinajstić information content (AvgIpc) is 3.26. The first kappa shape index (κ1) is 27.3. The summed E-state index contributed by atoms with van der Waals surface area (Å²) < 4.78 is 2.93. The molecule has 1 heterocycles. The number of rotatable bonds is 7. The smallest absolute Gasteiger partial charge is 0.0844 e. The molecule has 1 aliphatic heterocycles. The first-order valence-electron chi connectivity index (χ1n) is 14.0. The Kier molecular flexibility index (Phi) is 8.12. The molecular formula is C35H37N3P2. The van der Waals surface area contributed by atoms with Gasteiger partial charge in [-0.25, -0.2) is 14.5 Å². The number of hydrazine groups is 1.